The van der Waals surface area contributed by atoms with E-state index in [-0.39, 0.29) is 13.0 Å². The normalized spacial score (nSPS) is 11.2. The number of carbonyl (C=O) groups is 2. The second-order valence-corrected chi connectivity index (χ2v) is 4.33. The van der Waals surface area contributed by atoms with Crippen LogP contribution in [-0.4, -0.2) is 38.0 Å². The molecule has 0 radical (unpaired) electrons. The Morgan fingerprint density at radius 2 is 1.86 bits per heavy atom. The third-order valence-electron chi connectivity index (χ3n) is 2.78. The molecule has 1 atom stereocenters. The molecule has 0 aliphatic rings. The van der Waals surface area contributed by atoms with Crippen molar-refractivity contribution in [3.63, 3.8) is 0 Å². The lowest BCUT2D eigenvalue weighted by Crippen LogP contribution is -2.30. The van der Waals surface area contributed by atoms with Crippen LogP contribution in [0.5, 0.6) is 11.5 Å². The molecule has 0 aliphatic heterocycles. The maximum atomic E-state index is 11.6. The summed E-state index contributed by atoms with van der Waals surface area (Å²) < 4.78 is 15.1. The lowest BCUT2D eigenvalue weighted by molar-refractivity contribution is -0.137. The van der Waals surface area contributed by atoms with Gasteiger partial charge in [-0.15, -0.1) is 0 Å². The molecule has 0 aromatic heterocycles. The Balaban J connectivity index is 3.02. The molecule has 7 heteroatoms. The first kappa shape index (κ1) is 17.4. The third-order valence-corrected chi connectivity index (χ3v) is 2.78. The Morgan fingerprint density at radius 3 is 2.32 bits per heavy atom. The van der Waals surface area contributed by atoms with Gasteiger partial charge in [-0.05, 0) is 17.7 Å². The Hall–Kier alpha value is -2.70. The van der Waals surface area contributed by atoms with E-state index in [4.69, 9.17) is 19.3 Å². The van der Waals surface area contributed by atoms with Crippen molar-refractivity contribution in [1.29, 1.82) is 0 Å². The molecule has 0 spiro atoms. The lowest BCUT2D eigenvalue weighted by Gasteiger charge is -2.18. The molecule has 1 unspecified atom stereocenters. The monoisotopic (exact) mass is 309 g/mol. The zero-order chi connectivity index (χ0) is 16.5. The summed E-state index contributed by atoms with van der Waals surface area (Å²) in [5.74, 6) is -0.0761. The van der Waals surface area contributed by atoms with E-state index in [9.17, 15) is 9.59 Å². The SMILES string of the molecule is C=CCOC(=O)NC(CC(=O)O)c1cc(OC)cc(OC)c1. The molecule has 0 saturated heterocycles. The molecule has 1 rings (SSSR count). The molecule has 0 fully saturated rings. The molecular weight excluding hydrogens is 290 g/mol. The minimum absolute atomic E-state index is 0.0348. The van der Waals surface area contributed by atoms with Gasteiger partial charge in [0.15, 0.2) is 0 Å². The van der Waals surface area contributed by atoms with E-state index in [0.717, 1.165) is 0 Å². The maximum absolute atomic E-state index is 11.6. The van der Waals surface area contributed by atoms with Crippen molar-refractivity contribution in [1.82, 2.24) is 5.32 Å². The summed E-state index contributed by atoms with van der Waals surface area (Å²) >= 11 is 0. The molecule has 0 aliphatic carbocycles. The van der Waals surface area contributed by atoms with Crippen molar-refractivity contribution in [2.75, 3.05) is 20.8 Å². The van der Waals surface area contributed by atoms with Gasteiger partial charge in [0, 0.05) is 6.07 Å². The molecule has 120 valence electrons. The van der Waals surface area contributed by atoms with E-state index in [1.165, 1.54) is 20.3 Å². The Labute approximate surface area is 128 Å². The van der Waals surface area contributed by atoms with Crippen molar-refractivity contribution in [3.05, 3.63) is 36.4 Å². The lowest BCUT2D eigenvalue weighted by atomic mass is 10.0. The number of ether oxygens (including phenoxy) is 3. The third kappa shape index (κ3) is 5.35. The molecule has 22 heavy (non-hydrogen) atoms. The van der Waals surface area contributed by atoms with Crippen LogP contribution in [0.1, 0.15) is 18.0 Å². The minimum atomic E-state index is -1.06. The van der Waals surface area contributed by atoms with Gasteiger partial charge in [-0.2, -0.15) is 0 Å². The first-order valence-corrected chi connectivity index (χ1v) is 6.49. The van der Waals surface area contributed by atoms with Crippen LogP contribution in [0.2, 0.25) is 0 Å². The Morgan fingerprint density at radius 1 is 1.27 bits per heavy atom. The van der Waals surface area contributed by atoms with Crippen LogP contribution in [0.4, 0.5) is 4.79 Å². The number of carboxylic acid groups (broad SMARTS) is 1. The summed E-state index contributed by atoms with van der Waals surface area (Å²) in [4.78, 5) is 22.7. The van der Waals surface area contributed by atoms with Crippen molar-refractivity contribution < 1.29 is 28.9 Å². The zero-order valence-electron chi connectivity index (χ0n) is 12.5. The maximum Gasteiger partial charge on any atom is 0.407 e. The van der Waals surface area contributed by atoms with E-state index in [1.807, 2.05) is 0 Å². The van der Waals surface area contributed by atoms with Crippen molar-refractivity contribution in [2.24, 2.45) is 0 Å². The van der Waals surface area contributed by atoms with E-state index in [0.29, 0.717) is 17.1 Å². The first-order valence-electron chi connectivity index (χ1n) is 6.49. The van der Waals surface area contributed by atoms with Gasteiger partial charge in [0.05, 0.1) is 26.7 Å². The molecule has 0 saturated carbocycles. The number of hydrogen-bond acceptors (Lipinski definition) is 5. The van der Waals surface area contributed by atoms with Crippen LogP contribution in [0.15, 0.2) is 30.9 Å². The topological polar surface area (TPSA) is 94.1 Å². The number of amides is 1. The average Bonchev–Trinajstić information content (AvgIpc) is 2.51. The molecule has 1 aromatic rings. The van der Waals surface area contributed by atoms with Gasteiger partial charge in [0.25, 0.3) is 0 Å². The number of carbonyl (C=O) groups excluding carboxylic acids is 1. The number of aliphatic carboxylic acids is 1. The largest absolute Gasteiger partial charge is 0.497 e. The molecular formula is C15H19NO6. The summed E-state index contributed by atoms with van der Waals surface area (Å²) in [6, 6.07) is 4.13. The average molecular weight is 309 g/mol. The number of alkyl carbamates (subject to hydrolysis) is 1. The van der Waals surface area contributed by atoms with E-state index >= 15 is 0 Å². The fourth-order valence-electron chi connectivity index (χ4n) is 1.78. The van der Waals surface area contributed by atoms with Crippen LogP contribution in [0, 0.1) is 0 Å². The standard InChI is InChI=1S/C15H19NO6/c1-4-5-22-15(19)16-13(9-14(17)18)10-6-11(20-2)8-12(7-10)21-3/h4,6-8,13H,1,5,9H2,2-3H3,(H,16,19)(H,17,18). The summed E-state index contributed by atoms with van der Waals surface area (Å²) in [7, 11) is 2.97. The van der Waals surface area contributed by atoms with Gasteiger partial charge in [0.1, 0.15) is 18.1 Å². The van der Waals surface area contributed by atoms with Gasteiger partial charge < -0.3 is 24.6 Å². The first-order chi connectivity index (χ1) is 10.5. The Bertz CT molecular complexity index is 521. The predicted molar refractivity (Wildman–Crippen MR) is 79.2 cm³/mol. The van der Waals surface area contributed by atoms with Gasteiger partial charge >= 0.3 is 12.1 Å². The minimum Gasteiger partial charge on any atom is -0.497 e. The van der Waals surface area contributed by atoms with E-state index < -0.39 is 18.1 Å². The highest BCUT2D eigenvalue weighted by atomic mass is 16.5. The number of rotatable bonds is 8. The molecule has 1 aromatic carbocycles. The van der Waals surface area contributed by atoms with Gasteiger partial charge in [-0.1, -0.05) is 12.7 Å². The number of hydrogen-bond donors (Lipinski definition) is 2. The summed E-state index contributed by atoms with van der Waals surface area (Å²) in [5.41, 5.74) is 0.536. The number of carboxylic acids is 1. The van der Waals surface area contributed by atoms with Gasteiger partial charge in [-0.3, -0.25) is 4.79 Å². The Kier molecular flexibility index (Phi) is 6.75. The van der Waals surface area contributed by atoms with E-state index in [2.05, 4.69) is 11.9 Å². The quantitative estimate of drug-likeness (QED) is 0.714. The number of nitrogens with one attached hydrogen (secondary N) is 1. The molecule has 0 heterocycles. The van der Waals surface area contributed by atoms with Crippen molar-refractivity contribution in [3.8, 4) is 11.5 Å². The van der Waals surface area contributed by atoms with Gasteiger partial charge in [-0.25, -0.2) is 4.79 Å². The number of methoxy groups -OCH3 is 2. The fraction of sp³-hybridized carbons (Fsp3) is 0.333. The number of benzene rings is 1. The highest BCUT2D eigenvalue weighted by molar-refractivity contribution is 5.72. The summed E-state index contributed by atoms with van der Waals surface area (Å²) in [6.45, 7) is 3.47. The highest BCUT2D eigenvalue weighted by Gasteiger charge is 2.20. The van der Waals surface area contributed by atoms with Crippen LogP contribution in [0.25, 0.3) is 0 Å². The van der Waals surface area contributed by atoms with E-state index in [1.54, 1.807) is 18.2 Å². The van der Waals surface area contributed by atoms with Gasteiger partial charge in [0.2, 0.25) is 0 Å². The van der Waals surface area contributed by atoms with Crippen LogP contribution >= 0.6 is 0 Å². The molecule has 7 nitrogen and oxygen atoms in total. The summed E-state index contributed by atoms with van der Waals surface area (Å²) in [5, 5.41) is 11.5. The van der Waals surface area contributed by atoms with Crippen LogP contribution < -0.4 is 14.8 Å². The second kappa shape index (κ2) is 8.56. The van der Waals surface area contributed by atoms with Crippen LogP contribution in [0.3, 0.4) is 0 Å². The molecule has 1 amide bonds. The second-order valence-electron chi connectivity index (χ2n) is 4.33. The van der Waals surface area contributed by atoms with Crippen molar-refractivity contribution in [2.45, 2.75) is 12.5 Å². The molecule has 0 bridgehead atoms. The predicted octanol–water partition coefficient (Wildman–Crippen LogP) is 2.13. The highest BCUT2D eigenvalue weighted by Crippen LogP contribution is 2.28. The van der Waals surface area contributed by atoms with Crippen LogP contribution in [-0.2, 0) is 9.53 Å². The molecule has 2 N–H and O–H groups in total. The zero-order valence-corrected chi connectivity index (χ0v) is 12.5. The van der Waals surface area contributed by atoms with Crippen molar-refractivity contribution >= 4 is 12.1 Å². The summed E-state index contributed by atoms with van der Waals surface area (Å²) in [6.07, 6.45) is 0.382. The fourth-order valence-corrected chi connectivity index (χ4v) is 1.78. The smallest absolute Gasteiger partial charge is 0.407 e.